The number of piperidine rings is 1. The minimum absolute atomic E-state index is 0.0551. The van der Waals surface area contributed by atoms with Crippen molar-refractivity contribution in [2.24, 2.45) is 0 Å². The van der Waals surface area contributed by atoms with Gasteiger partial charge in [0.15, 0.2) is 5.67 Å². The molecule has 23 heavy (non-hydrogen) atoms. The van der Waals surface area contributed by atoms with Crippen LogP contribution in [0.4, 0.5) is 4.39 Å². The number of aliphatic hydroxyl groups excluding tert-OH is 1. The van der Waals surface area contributed by atoms with E-state index in [4.69, 9.17) is 5.11 Å². The van der Waals surface area contributed by atoms with E-state index in [-0.39, 0.29) is 12.5 Å². The van der Waals surface area contributed by atoms with E-state index in [0.717, 1.165) is 16.5 Å². The summed E-state index contributed by atoms with van der Waals surface area (Å²) in [5.74, 6) is -0.242. The number of nitrogens with zero attached hydrogens (tertiary/aromatic N) is 2. The minimum Gasteiger partial charge on any atom is -0.393 e. The monoisotopic (exact) mass is 314 g/mol. The summed E-state index contributed by atoms with van der Waals surface area (Å²) in [6.45, 7) is -0.0865. The summed E-state index contributed by atoms with van der Waals surface area (Å²) < 4.78 is 14.2. The number of pyridine rings is 1. The van der Waals surface area contributed by atoms with Gasteiger partial charge in [0.05, 0.1) is 18.7 Å². The number of carbonyl (C=O) groups is 1. The summed E-state index contributed by atoms with van der Waals surface area (Å²) in [5, 5.41) is 10.1. The van der Waals surface area contributed by atoms with Crippen LogP contribution in [0.2, 0.25) is 0 Å². The molecule has 1 N–H and O–H groups in total. The molecule has 1 saturated heterocycles. The van der Waals surface area contributed by atoms with Crippen LogP contribution in [0.1, 0.15) is 18.4 Å². The number of alkyl halides is 1. The van der Waals surface area contributed by atoms with Gasteiger partial charge in [-0.05, 0) is 25.0 Å². The molecule has 1 atom stereocenters. The Morgan fingerprint density at radius 1 is 1.39 bits per heavy atom. The number of benzene rings is 1. The highest BCUT2D eigenvalue weighted by Crippen LogP contribution is 2.25. The van der Waals surface area contributed by atoms with E-state index in [9.17, 15) is 9.18 Å². The number of carbonyl (C=O) groups excluding carboxylic acids is 1. The highest BCUT2D eigenvalue weighted by atomic mass is 19.1. The number of amides is 1. The number of rotatable bonds is 3. The van der Waals surface area contributed by atoms with Crippen molar-refractivity contribution in [3.63, 3.8) is 0 Å². The summed E-state index contributed by atoms with van der Waals surface area (Å²) in [4.78, 5) is 18.1. The molecule has 2 aromatic rings. The second kappa shape index (κ2) is 6.46. The second-order valence-electron chi connectivity index (χ2n) is 5.93. The van der Waals surface area contributed by atoms with Gasteiger partial charge in [-0.3, -0.25) is 9.78 Å². The number of likely N-dealkylation sites (tertiary alicyclic amines) is 1. The highest BCUT2D eigenvalue weighted by molar-refractivity contribution is 5.95. The summed E-state index contributed by atoms with van der Waals surface area (Å²) in [6, 6.07) is 9.59. The van der Waals surface area contributed by atoms with Gasteiger partial charge in [-0.15, -0.1) is 0 Å². The lowest BCUT2D eigenvalue weighted by molar-refractivity contribution is -0.131. The van der Waals surface area contributed by atoms with Gasteiger partial charge in [-0.2, -0.15) is 0 Å². The molecule has 1 aliphatic rings. The Kier molecular flexibility index (Phi) is 4.39. The molecular weight excluding hydrogens is 295 g/mol. The van der Waals surface area contributed by atoms with Crippen LogP contribution in [0, 0.1) is 0 Å². The predicted molar refractivity (Wildman–Crippen MR) is 87.5 cm³/mol. The lowest BCUT2D eigenvalue weighted by Crippen LogP contribution is -2.49. The SMILES string of the molecule is O=C(/C=C/c1cccc2cccnc12)N1CCCC(F)(CO)C1. The van der Waals surface area contributed by atoms with E-state index in [1.165, 1.54) is 11.0 Å². The molecule has 5 heteroatoms. The number of para-hydroxylation sites is 1. The maximum atomic E-state index is 14.2. The van der Waals surface area contributed by atoms with Crippen LogP contribution in [0.15, 0.2) is 42.6 Å². The fraction of sp³-hybridized carbons (Fsp3) is 0.333. The Labute approximate surface area is 134 Å². The lowest BCUT2D eigenvalue weighted by Gasteiger charge is -2.35. The smallest absolute Gasteiger partial charge is 0.246 e. The number of fused-ring (bicyclic) bond motifs is 1. The van der Waals surface area contributed by atoms with Crippen molar-refractivity contribution >= 4 is 22.9 Å². The minimum atomic E-state index is -1.68. The summed E-state index contributed by atoms with van der Waals surface area (Å²) >= 11 is 0. The fourth-order valence-electron chi connectivity index (χ4n) is 2.93. The van der Waals surface area contributed by atoms with Crippen molar-refractivity contribution < 1.29 is 14.3 Å². The van der Waals surface area contributed by atoms with Crippen molar-refractivity contribution in [3.8, 4) is 0 Å². The normalized spacial score (nSPS) is 21.9. The zero-order valence-corrected chi connectivity index (χ0v) is 12.8. The van der Waals surface area contributed by atoms with Gasteiger partial charge in [-0.1, -0.05) is 24.3 Å². The first kappa shape index (κ1) is 15.6. The average molecular weight is 314 g/mol. The molecule has 1 aromatic carbocycles. The van der Waals surface area contributed by atoms with E-state index < -0.39 is 12.3 Å². The maximum absolute atomic E-state index is 14.2. The second-order valence-corrected chi connectivity index (χ2v) is 5.93. The molecule has 0 radical (unpaired) electrons. The summed E-state index contributed by atoms with van der Waals surface area (Å²) in [7, 11) is 0. The topological polar surface area (TPSA) is 53.4 Å². The highest BCUT2D eigenvalue weighted by Gasteiger charge is 2.36. The van der Waals surface area contributed by atoms with Gasteiger partial charge >= 0.3 is 0 Å². The first-order valence-electron chi connectivity index (χ1n) is 7.72. The molecule has 4 nitrogen and oxygen atoms in total. The standard InChI is InChI=1S/C18H19FN2O2/c19-18(13-22)9-3-11-21(12-18)16(23)8-7-15-5-1-4-14-6-2-10-20-17(14)15/h1-2,4-8,10,22H,3,9,11-13H2/b8-7+. The Bertz CT molecular complexity index is 741. The molecule has 1 amide bonds. The Hall–Kier alpha value is -2.27. The maximum Gasteiger partial charge on any atom is 0.246 e. The van der Waals surface area contributed by atoms with E-state index in [1.54, 1.807) is 12.3 Å². The number of halogens is 1. The van der Waals surface area contributed by atoms with Gasteiger partial charge in [0.2, 0.25) is 5.91 Å². The van der Waals surface area contributed by atoms with Gasteiger partial charge in [-0.25, -0.2) is 4.39 Å². The fourth-order valence-corrected chi connectivity index (χ4v) is 2.93. The lowest BCUT2D eigenvalue weighted by atomic mass is 9.95. The third-order valence-electron chi connectivity index (χ3n) is 4.19. The molecule has 1 fully saturated rings. The van der Waals surface area contributed by atoms with Crippen molar-refractivity contribution in [1.82, 2.24) is 9.88 Å². The predicted octanol–water partition coefficient (Wildman–Crippen LogP) is 2.57. The van der Waals surface area contributed by atoms with Gasteiger partial charge in [0.25, 0.3) is 0 Å². The van der Waals surface area contributed by atoms with Crippen LogP contribution in [0.5, 0.6) is 0 Å². The van der Waals surface area contributed by atoms with Gasteiger partial charge in [0, 0.05) is 29.8 Å². The summed E-state index contributed by atoms with van der Waals surface area (Å²) in [6.07, 6.45) is 5.74. The van der Waals surface area contributed by atoms with Gasteiger partial charge < -0.3 is 10.0 Å². The molecule has 0 saturated carbocycles. The third kappa shape index (κ3) is 3.40. The molecular formula is C18H19FN2O2. The van der Waals surface area contributed by atoms with Crippen molar-refractivity contribution in [3.05, 3.63) is 48.2 Å². The number of aromatic nitrogens is 1. The van der Waals surface area contributed by atoms with E-state index in [0.29, 0.717) is 19.4 Å². The Morgan fingerprint density at radius 3 is 3.04 bits per heavy atom. The molecule has 0 aliphatic carbocycles. The first-order valence-corrected chi connectivity index (χ1v) is 7.72. The van der Waals surface area contributed by atoms with Crippen molar-refractivity contribution in [2.45, 2.75) is 18.5 Å². The first-order chi connectivity index (χ1) is 11.1. The summed E-state index contributed by atoms with van der Waals surface area (Å²) in [5.41, 5.74) is -0.00188. The number of hydrogen-bond acceptors (Lipinski definition) is 3. The molecule has 2 heterocycles. The van der Waals surface area contributed by atoms with Crippen LogP contribution < -0.4 is 0 Å². The third-order valence-corrected chi connectivity index (χ3v) is 4.19. The van der Waals surface area contributed by atoms with Crippen molar-refractivity contribution in [1.29, 1.82) is 0 Å². The number of aliphatic hydroxyl groups is 1. The molecule has 1 aromatic heterocycles. The van der Waals surface area contributed by atoms with Crippen LogP contribution in [-0.4, -0.2) is 46.3 Å². The molecule has 1 unspecified atom stereocenters. The van der Waals surface area contributed by atoms with Crippen LogP contribution >= 0.6 is 0 Å². The average Bonchev–Trinajstić information content (AvgIpc) is 2.59. The zero-order valence-electron chi connectivity index (χ0n) is 12.8. The van der Waals surface area contributed by atoms with Crippen LogP contribution in [0.3, 0.4) is 0 Å². The number of hydrogen-bond donors (Lipinski definition) is 1. The van der Waals surface area contributed by atoms with Crippen molar-refractivity contribution in [2.75, 3.05) is 19.7 Å². The molecule has 1 aliphatic heterocycles. The van der Waals surface area contributed by atoms with Crippen LogP contribution in [-0.2, 0) is 4.79 Å². The van der Waals surface area contributed by atoms with Crippen LogP contribution in [0.25, 0.3) is 17.0 Å². The van der Waals surface area contributed by atoms with E-state index in [1.807, 2.05) is 30.3 Å². The Morgan fingerprint density at radius 2 is 2.22 bits per heavy atom. The molecule has 0 bridgehead atoms. The zero-order chi connectivity index (χ0) is 16.3. The van der Waals surface area contributed by atoms with E-state index in [2.05, 4.69) is 4.98 Å². The van der Waals surface area contributed by atoms with Gasteiger partial charge in [0.1, 0.15) is 0 Å². The Balaban J connectivity index is 1.78. The largest absolute Gasteiger partial charge is 0.393 e. The molecule has 0 spiro atoms. The van der Waals surface area contributed by atoms with E-state index >= 15 is 0 Å². The molecule has 120 valence electrons. The quantitative estimate of drug-likeness (QED) is 0.886. The molecule has 3 rings (SSSR count).